The minimum atomic E-state index is -0.816. The fourth-order valence-electron chi connectivity index (χ4n) is 2.43. The third kappa shape index (κ3) is 3.66. The predicted octanol–water partition coefficient (Wildman–Crippen LogP) is 0.780. The number of aromatic amines is 1. The molecule has 2 heterocycles. The Morgan fingerprint density at radius 3 is 2.48 bits per heavy atom. The van der Waals surface area contributed by atoms with Gasteiger partial charge >= 0.3 is 5.69 Å². The van der Waals surface area contributed by atoms with Crippen molar-refractivity contribution in [2.45, 2.75) is 6.92 Å². The van der Waals surface area contributed by atoms with Crippen molar-refractivity contribution in [2.75, 3.05) is 0 Å². The number of aromatic nitrogens is 3. The SMILES string of the molecule is C/C(=N\NC(=O)c1ccncc1)c1c(O)n(-c2ccccc2)c(=O)[nH]c1=O. The molecule has 0 fully saturated rings. The van der Waals surface area contributed by atoms with Gasteiger partial charge in [0.1, 0.15) is 5.56 Å². The Hall–Kier alpha value is -4.01. The highest BCUT2D eigenvalue weighted by molar-refractivity contribution is 6.02. The second-order valence-corrected chi connectivity index (χ2v) is 5.50. The Morgan fingerprint density at radius 1 is 1.15 bits per heavy atom. The van der Waals surface area contributed by atoms with Crippen LogP contribution in [0.3, 0.4) is 0 Å². The van der Waals surface area contributed by atoms with Crippen molar-refractivity contribution in [3.05, 3.63) is 86.8 Å². The maximum absolute atomic E-state index is 12.2. The van der Waals surface area contributed by atoms with E-state index in [1.54, 1.807) is 30.3 Å². The maximum atomic E-state index is 12.2. The standard InChI is InChI=1S/C18H15N5O4/c1-11(21-22-15(24)12-7-9-19-10-8-12)14-16(25)20-18(27)23(17(14)26)13-5-3-2-4-6-13/h2-10,26H,1H3,(H,22,24)(H,20,25,27)/b21-11+. The van der Waals surface area contributed by atoms with Gasteiger partial charge < -0.3 is 5.11 Å². The number of aromatic hydroxyl groups is 1. The maximum Gasteiger partial charge on any atom is 0.335 e. The van der Waals surface area contributed by atoms with Crippen LogP contribution in [0.25, 0.3) is 5.69 Å². The molecular weight excluding hydrogens is 350 g/mol. The summed E-state index contributed by atoms with van der Waals surface area (Å²) in [5.41, 5.74) is 1.18. The lowest BCUT2D eigenvalue weighted by Crippen LogP contribution is -2.33. The first-order valence-corrected chi connectivity index (χ1v) is 7.88. The summed E-state index contributed by atoms with van der Waals surface area (Å²) in [7, 11) is 0. The smallest absolute Gasteiger partial charge is 0.335 e. The third-order valence-corrected chi connectivity index (χ3v) is 3.73. The molecule has 0 spiro atoms. The molecule has 0 saturated heterocycles. The summed E-state index contributed by atoms with van der Waals surface area (Å²) in [6.07, 6.45) is 2.91. The number of benzene rings is 1. The van der Waals surface area contributed by atoms with E-state index < -0.39 is 23.0 Å². The zero-order valence-corrected chi connectivity index (χ0v) is 14.2. The summed E-state index contributed by atoms with van der Waals surface area (Å²) >= 11 is 0. The molecule has 27 heavy (non-hydrogen) atoms. The van der Waals surface area contributed by atoms with Crippen molar-refractivity contribution in [1.82, 2.24) is 20.0 Å². The van der Waals surface area contributed by atoms with Crippen molar-refractivity contribution in [3.8, 4) is 11.6 Å². The number of pyridine rings is 1. The van der Waals surface area contributed by atoms with Gasteiger partial charge in [0.15, 0.2) is 0 Å². The van der Waals surface area contributed by atoms with Crippen LogP contribution in [0.4, 0.5) is 0 Å². The molecule has 9 heteroatoms. The highest BCUT2D eigenvalue weighted by atomic mass is 16.3. The van der Waals surface area contributed by atoms with Crippen LogP contribution in [0.1, 0.15) is 22.8 Å². The topological polar surface area (TPSA) is 129 Å². The molecule has 0 atom stereocenters. The second kappa shape index (κ2) is 7.48. The number of carbonyl (C=O) groups is 1. The van der Waals surface area contributed by atoms with Crippen LogP contribution in [-0.2, 0) is 0 Å². The number of hydrogen-bond acceptors (Lipinski definition) is 6. The predicted molar refractivity (Wildman–Crippen MR) is 98.2 cm³/mol. The molecular formula is C18H15N5O4. The largest absolute Gasteiger partial charge is 0.493 e. The second-order valence-electron chi connectivity index (χ2n) is 5.50. The summed E-state index contributed by atoms with van der Waals surface area (Å²) < 4.78 is 0.945. The Morgan fingerprint density at radius 2 is 1.81 bits per heavy atom. The first-order valence-electron chi connectivity index (χ1n) is 7.88. The average Bonchev–Trinajstić information content (AvgIpc) is 2.67. The third-order valence-electron chi connectivity index (χ3n) is 3.73. The molecule has 0 saturated carbocycles. The van der Waals surface area contributed by atoms with Crippen molar-refractivity contribution in [2.24, 2.45) is 5.10 Å². The molecule has 0 bridgehead atoms. The Kier molecular flexibility index (Phi) is 4.93. The normalized spacial score (nSPS) is 11.2. The lowest BCUT2D eigenvalue weighted by atomic mass is 10.2. The van der Waals surface area contributed by atoms with Gasteiger partial charge in [-0.1, -0.05) is 18.2 Å². The Balaban J connectivity index is 2.00. The number of nitrogens with zero attached hydrogens (tertiary/aromatic N) is 3. The van der Waals surface area contributed by atoms with Crippen LogP contribution < -0.4 is 16.7 Å². The summed E-state index contributed by atoms with van der Waals surface area (Å²) in [5, 5.41) is 14.4. The van der Waals surface area contributed by atoms with Crippen molar-refractivity contribution >= 4 is 11.6 Å². The Bertz CT molecular complexity index is 1120. The number of hydrogen-bond donors (Lipinski definition) is 3. The van der Waals surface area contributed by atoms with E-state index in [0.29, 0.717) is 11.3 Å². The zero-order valence-electron chi connectivity index (χ0n) is 14.2. The van der Waals surface area contributed by atoms with E-state index in [9.17, 15) is 19.5 Å². The van der Waals surface area contributed by atoms with Crippen LogP contribution in [0.2, 0.25) is 0 Å². The van der Waals surface area contributed by atoms with Crippen LogP contribution >= 0.6 is 0 Å². The molecule has 3 rings (SSSR count). The molecule has 3 N–H and O–H groups in total. The van der Waals surface area contributed by atoms with E-state index in [-0.39, 0.29) is 11.3 Å². The zero-order chi connectivity index (χ0) is 19.4. The lowest BCUT2D eigenvalue weighted by Gasteiger charge is -2.11. The van der Waals surface area contributed by atoms with Crippen LogP contribution in [0, 0.1) is 0 Å². The first-order chi connectivity index (χ1) is 13.0. The molecule has 0 unspecified atom stereocenters. The summed E-state index contributed by atoms with van der Waals surface area (Å²) in [5.74, 6) is -1.08. The molecule has 1 amide bonds. The van der Waals surface area contributed by atoms with Gasteiger partial charge in [-0.15, -0.1) is 0 Å². The van der Waals surface area contributed by atoms with E-state index in [1.807, 2.05) is 0 Å². The molecule has 9 nitrogen and oxygen atoms in total. The van der Waals surface area contributed by atoms with E-state index in [4.69, 9.17) is 0 Å². The molecule has 0 aliphatic rings. The minimum Gasteiger partial charge on any atom is -0.493 e. The quantitative estimate of drug-likeness (QED) is 0.465. The lowest BCUT2D eigenvalue weighted by molar-refractivity contribution is 0.0954. The number of carbonyl (C=O) groups excluding carboxylic acids is 1. The Labute approximate surface area is 152 Å². The van der Waals surface area contributed by atoms with Gasteiger partial charge in [0.2, 0.25) is 5.88 Å². The molecule has 0 radical (unpaired) electrons. The fourth-order valence-corrected chi connectivity index (χ4v) is 2.43. The number of nitrogens with one attached hydrogen (secondary N) is 2. The summed E-state index contributed by atoms with van der Waals surface area (Å²) in [6.45, 7) is 1.43. The van der Waals surface area contributed by atoms with Crippen LogP contribution in [0.15, 0.2) is 69.5 Å². The van der Waals surface area contributed by atoms with E-state index in [1.165, 1.54) is 31.5 Å². The number of rotatable bonds is 4. The molecule has 0 aliphatic carbocycles. The van der Waals surface area contributed by atoms with Crippen molar-refractivity contribution in [3.63, 3.8) is 0 Å². The van der Waals surface area contributed by atoms with Gasteiger partial charge in [0.05, 0.1) is 11.4 Å². The van der Waals surface area contributed by atoms with Crippen molar-refractivity contribution < 1.29 is 9.90 Å². The summed E-state index contributed by atoms with van der Waals surface area (Å²) in [4.78, 5) is 42.3. The summed E-state index contributed by atoms with van der Waals surface area (Å²) in [6, 6.07) is 11.3. The van der Waals surface area contributed by atoms with Crippen LogP contribution in [-0.4, -0.2) is 31.3 Å². The van der Waals surface area contributed by atoms with E-state index in [0.717, 1.165) is 4.57 Å². The highest BCUT2D eigenvalue weighted by Gasteiger charge is 2.18. The average molecular weight is 365 g/mol. The van der Waals surface area contributed by atoms with Gasteiger partial charge in [-0.2, -0.15) is 5.10 Å². The van der Waals surface area contributed by atoms with Gasteiger partial charge in [0, 0.05) is 18.0 Å². The monoisotopic (exact) mass is 365 g/mol. The first kappa shape index (κ1) is 17.8. The number of hydrazone groups is 1. The number of amides is 1. The van der Waals surface area contributed by atoms with Gasteiger partial charge in [0.25, 0.3) is 11.5 Å². The highest BCUT2D eigenvalue weighted by Crippen LogP contribution is 2.16. The van der Waals surface area contributed by atoms with E-state index in [2.05, 4.69) is 20.5 Å². The van der Waals surface area contributed by atoms with Gasteiger partial charge in [-0.3, -0.25) is 19.6 Å². The minimum absolute atomic E-state index is 0.0286. The number of H-pyrrole nitrogens is 1. The number of para-hydroxylation sites is 1. The van der Waals surface area contributed by atoms with E-state index >= 15 is 0 Å². The van der Waals surface area contributed by atoms with Gasteiger partial charge in [-0.25, -0.2) is 14.8 Å². The molecule has 136 valence electrons. The molecule has 0 aliphatic heterocycles. The fraction of sp³-hybridized carbons (Fsp3) is 0.0556. The van der Waals surface area contributed by atoms with Gasteiger partial charge in [-0.05, 0) is 31.2 Å². The van der Waals surface area contributed by atoms with Crippen molar-refractivity contribution in [1.29, 1.82) is 0 Å². The molecule has 1 aromatic carbocycles. The molecule has 2 aromatic heterocycles. The molecule has 3 aromatic rings. The van der Waals surface area contributed by atoms with Crippen LogP contribution in [0.5, 0.6) is 5.88 Å².